The molecule has 0 spiro atoms. The third kappa shape index (κ3) is 3.39. The standard InChI is InChI=1S/C14H8BrClF2O/c15-11-3-1-8(6-13(11)18)14(19)7-9-5-10(16)2-4-12(9)17/h1-6H,7H2. The normalized spacial score (nSPS) is 10.5. The van der Waals surface area contributed by atoms with Crippen molar-refractivity contribution in [2.24, 2.45) is 0 Å². The monoisotopic (exact) mass is 344 g/mol. The lowest BCUT2D eigenvalue weighted by molar-refractivity contribution is 0.0991. The summed E-state index contributed by atoms with van der Waals surface area (Å²) in [4.78, 5) is 11.9. The zero-order chi connectivity index (χ0) is 14.0. The molecule has 0 heterocycles. The van der Waals surface area contributed by atoms with E-state index >= 15 is 0 Å². The second kappa shape index (κ2) is 5.80. The third-order valence-electron chi connectivity index (χ3n) is 2.60. The summed E-state index contributed by atoms with van der Waals surface area (Å²) in [5, 5.41) is 0.353. The Kier molecular flexibility index (Phi) is 4.32. The molecule has 98 valence electrons. The van der Waals surface area contributed by atoms with Crippen LogP contribution < -0.4 is 0 Å². The minimum Gasteiger partial charge on any atom is -0.294 e. The molecule has 0 fully saturated rings. The van der Waals surface area contributed by atoms with Crippen LogP contribution in [0.1, 0.15) is 15.9 Å². The van der Waals surface area contributed by atoms with Crippen molar-refractivity contribution in [3.8, 4) is 0 Å². The van der Waals surface area contributed by atoms with Gasteiger partial charge in [0.1, 0.15) is 11.6 Å². The molecule has 2 aromatic carbocycles. The van der Waals surface area contributed by atoms with Gasteiger partial charge in [-0.2, -0.15) is 0 Å². The second-order valence-electron chi connectivity index (χ2n) is 3.96. The Labute approximate surface area is 122 Å². The third-order valence-corrected chi connectivity index (χ3v) is 3.48. The first-order valence-electron chi connectivity index (χ1n) is 5.39. The van der Waals surface area contributed by atoms with Crippen molar-refractivity contribution in [3.05, 3.63) is 68.7 Å². The highest BCUT2D eigenvalue weighted by Crippen LogP contribution is 2.20. The van der Waals surface area contributed by atoms with Crippen molar-refractivity contribution >= 4 is 33.3 Å². The smallest absolute Gasteiger partial charge is 0.167 e. The van der Waals surface area contributed by atoms with Gasteiger partial charge in [-0.3, -0.25) is 4.79 Å². The first-order chi connectivity index (χ1) is 8.97. The van der Waals surface area contributed by atoms with Gasteiger partial charge in [-0.25, -0.2) is 8.78 Å². The summed E-state index contributed by atoms with van der Waals surface area (Å²) in [5.74, 6) is -1.40. The molecule has 0 aliphatic rings. The van der Waals surface area contributed by atoms with Crippen LogP contribution in [-0.4, -0.2) is 5.78 Å². The number of Topliss-reactive ketones (excluding diaryl/α,β-unsaturated/α-hetero) is 1. The number of rotatable bonds is 3. The average Bonchev–Trinajstić information content (AvgIpc) is 2.37. The van der Waals surface area contributed by atoms with E-state index in [2.05, 4.69) is 15.9 Å². The van der Waals surface area contributed by atoms with Gasteiger partial charge in [0.2, 0.25) is 0 Å². The van der Waals surface area contributed by atoms with Crippen molar-refractivity contribution in [3.63, 3.8) is 0 Å². The lowest BCUT2D eigenvalue weighted by Crippen LogP contribution is -2.05. The molecule has 0 aliphatic heterocycles. The van der Waals surface area contributed by atoms with Crippen LogP contribution in [0.2, 0.25) is 5.02 Å². The number of carbonyl (C=O) groups excluding carboxylic acids is 1. The van der Waals surface area contributed by atoms with Crippen molar-refractivity contribution in [2.75, 3.05) is 0 Å². The Morgan fingerprint density at radius 3 is 2.53 bits per heavy atom. The summed E-state index contributed by atoms with van der Waals surface area (Å²) in [7, 11) is 0. The fraction of sp³-hybridized carbons (Fsp3) is 0.0714. The largest absolute Gasteiger partial charge is 0.294 e. The van der Waals surface area contributed by atoms with Crippen LogP contribution in [-0.2, 0) is 6.42 Å². The maximum absolute atomic E-state index is 13.5. The SMILES string of the molecule is O=C(Cc1cc(Cl)ccc1F)c1ccc(Br)c(F)c1. The minimum atomic E-state index is -0.530. The van der Waals surface area contributed by atoms with E-state index in [1.165, 1.54) is 30.3 Å². The fourth-order valence-corrected chi connectivity index (χ4v) is 2.06. The van der Waals surface area contributed by atoms with Gasteiger partial charge in [-0.1, -0.05) is 17.7 Å². The summed E-state index contributed by atoms with van der Waals surface area (Å²) in [6.07, 6.45) is -0.159. The van der Waals surface area contributed by atoms with E-state index in [0.717, 1.165) is 6.07 Å². The molecular weight excluding hydrogens is 338 g/mol. The molecule has 2 rings (SSSR count). The van der Waals surface area contributed by atoms with Gasteiger partial charge in [-0.05, 0) is 51.8 Å². The maximum atomic E-state index is 13.5. The van der Waals surface area contributed by atoms with E-state index in [0.29, 0.717) is 5.02 Å². The lowest BCUT2D eigenvalue weighted by atomic mass is 10.0. The molecule has 5 heteroatoms. The highest BCUT2D eigenvalue weighted by atomic mass is 79.9. The molecule has 0 N–H and O–H groups in total. The van der Waals surface area contributed by atoms with Crippen LogP contribution in [0.5, 0.6) is 0 Å². The summed E-state index contributed by atoms with van der Waals surface area (Å²) >= 11 is 8.75. The van der Waals surface area contributed by atoms with Gasteiger partial charge >= 0.3 is 0 Å². The van der Waals surface area contributed by atoms with Crippen molar-refractivity contribution in [2.45, 2.75) is 6.42 Å². The first-order valence-corrected chi connectivity index (χ1v) is 6.56. The quantitative estimate of drug-likeness (QED) is 0.730. The highest BCUT2D eigenvalue weighted by molar-refractivity contribution is 9.10. The summed E-state index contributed by atoms with van der Waals surface area (Å²) in [6.45, 7) is 0. The van der Waals surface area contributed by atoms with Gasteiger partial charge < -0.3 is 0 Å². The van der Waals surface area contributed by atoms with Crippen molar-refractivity contribution in [1.29, 1.82) is 0 Å². The van der Waals surface area contributed by atoms with Gasteiger partial charge in [0.05, 0.1) is 4.47 Å². The zero-order valence-electron chi connectivity index (χ0n) is 9.59. The lowest BCUT2D eigenvalue weighted by Gasteiger charge is -2.04. The van der Waals surface area contributed by atoms with Gasteiger partial charge in [-0.15, -0.1) is 0 Å². The fourth-order valence-electron chi connectivity index (χ4n) is 1.62. The zero-order valence-corrected chi connectivity index (χ0v) is 11.9. The molecule has 0 amide bonds. The molecule has 0 atom stereocenters. The van der Waals surface area contributed by atoms with E-state index in [1.807, 2.05) is 0 Å². The molecule has 0 bridgehead atoms. The molecule has 0 unspecified atom stereocenters. The Morgan fingerprint density at radius 2 is 1.84 bits per heavy atom. The molecular formula is C14H8BrClF2O. The van der Waals surface area contributed by atoms with Crippen molar-refractivity contribution in [1.82, 2.24) is 0 Å². The second-order valence-corrected chi connectivity index (χ2v) is 5.26. The van der Waals surface area contributed by atoms with E-state index in [1.54, 1.807) is 0 Å². The summed E-state index contributed by atoms with van der Waals surface area (Å²) < 4.78 is 27.1. The first kappa shape index (κ1) is 14.2. The van der Waals surface area contributed by atoms with Crippen LogP contribution in [0.15, 0.2) is 40.9 Å². The van der Waals surface area contributed by atoms with E-state index < -0.39 is 11.6 Å². The Hall–Kier alpha value is -1.26. The predicted octanol–water partition coefficient (Wildman–Crippen LogP) is 4.81. The maximum Gasteiger partial charge on any atom is 0.167 e. The number of benzene rings is 2. The number of hydrogen-bond donors (Lipinski definition) is 0. The number of carbonyl (C=O) groups is 1. The van der Waals surface area contributed by atoms with Gasteiger partial charge in [0, 0.05) is 17.0 Å². The number of halogens is 4. The van der Waals surface area contributed by atoms with Crippen LogP contribution in [0.4, 0.5) is 8.78 Å². The molecule has 19 heavy (non-hydrogen) atoms. The van der Waals surface area contributed by atoms with Gasteiger partial charge in [0.15, 0.2) is 5.78 Å². The van der Waals surface area contributed by atoms with E-state index in [9.17, 15) is 13.6 Å². The topological polar surface area (TPSA) is 17.1 Å². The van der Waals surface area contributed by atoms with E-state index in [-0.39, 0.29) is 27.8 Å². The van der Waals surface area contributed by atoms with Crippen LogP contribution in [0, 0.1) is 11.6 Å². The molecule has 1 nitrogen and oxygen atoms in total. The Morgan fingerprint density at radius 1 is 1.11 bits per heavy atom. The van der Waals surface area contributed by atoms with Crippen LogP contribution in [0.3, 0.4) is 0 Å². The molecule has 0 radical (unpaired) electrons. The summed E-state index contributed by atoms with van der Waals surface area (Å²) in [5.41, 5.74) is 0.390. The van der Waals surface area contributed by atoms with Crippen LogP contribution >= 0.6 is 27.5 Å². The predicted molar refractivity (Wildman–Crippen MR) is 73.5 cm³/mol. The minimum absolute atomic E-state index is 0.159. The molecule has 0 aliphatic carbocycles. The molecule has 0 saturated carbocycles. The number of hydrogen-bond acceptors (Lipinski definition) is 1. The number of ketones is 1. The average molecular weight is 346 g/mol. The Balaban J connectivity index is 2.25. The van der Waals surface area contributed by atoms with Gasteiger partial charge in [0.25, 0.3) is 0 Å². The molecule has 0 saturated heterocycles. The molecule has 0 aromatic heterocycles. The Bertz CT molecular complexity index is 643. The van der Waals surface area contributed by atoms with Crippen LogP contribution in [0.25, 0.3) is 0 Å². The van der Waals surface area contributed by atoms with E-state index in [4.69, 9.17) is 11.6 Å². The summed E-state index contributed by atoms with van der Waals surface area (Å²) in [6, 6.07) is 8.05. The molecule has 2 aromatic rings. The highest BCUT2D eigenvalue weighted by Gasteiger charge is 2.12. The van der Waals surface area contributed by atoms with Crippen molar-refractivity contribution < 1.29 is 13.6 Å².